The molecule has 0 aliphatic heterocycles. The number of hydrogen-bond acceptors (Lipinski definition) is 4. The van der Waals surface area contributed by atoms with Gasteiger partial charge in [-0.3, -0.25) is 0 Å². The lowest BCUT2D eigenvalue weighted by molar-refractivity contribution is 1.07. The predicted molar refractivity (Wildman–Crippen MR) is 45.2 cm³/mol. The van der Waals surface area contributed by atoms with Crippen molar-refractivity contribution in [1.82, 2.24) is 19.9 Å². The molecular formula is C7H8N5. The smallest absolute Gasteiger partial charge is 0.183 e. The first-order valence-corrected chi connectivity index (χ1v) is 3.55. The van der Waals surface area contributed by atoms with Gasteiger partial charge in [0.15, 0.2) is 11.5 Å². The van der Waals surface area contributed by atoms with Crippen molar-refractivity contribution in [1.29, 1.82) is 0 Å². The van der Waals surface area contributed by atoms with E-state index >= 15 is 0 Å². The normalized spacial score (nSPS) is 10.8. The Hall–Kier alpha value is -1.65. The third-order valence-electron chi connectivity index (χ3n) is 1.60. The lowest BCUT2D eigenvalue weighted by atomic mass is 10.5. The number of nitrogens with one attached hydrogen (secondary N) is 1. The van der Waals surface area contributed by atoms with Gasteiger partial charge in [-0.05, 0) is 6.92 Å². The predicted octanol–water partition coefficient (Wildman–Crippen LogP) is 0.312. The van der Waals surface area contributed by atoms with Crippen molar-refractivity contribution >= 4 is 17.0 Å². The molecule has 0 saturated carbocycles. The number of imidazole rings is 1. The Labute approximate surface area is 69.1 Å². The van der Waals surface area contributed by atoms with Crippen molar-refractivity contribution in [2.24, 2.45) is 0 Å². The molecule has 5 nitrogen and oxygen atoms in total. The van der Waals surface area contributed by atoms with Gasteiger partial charge in [0.2, 0.25) is 0 Å². The van der Waals surface area contributed by atoms with Gasteiger partial charge >= 0.3 is 0 Å². The van der Waals surface area contributed by atoms with E-state index in [2.05, 4.69) is 26.9 Å². The quantitative estimate of drug-likeness (QED) is 0.632. The summed E-state index contributed by atoms with van der Waals surface area (Å²) in [7, 11) is 0. The molecule has 0 fully saturated rings. The number of rotatable bonds is 1. The van der Waals surface area contributed by atoms with E-state index in [9.17, 15) is 0 Å². The first-order chi connectivity index (χ1) is 5.81. The average Bonchev–Trinajstić information content (AvgIpc) is 2.49. The molecule has 2 heterocycles. The van der Waals surface area contributed by atoms with Crippen molar-refractivity contribution in [3.63, 3.8) is 0 Å². The molecule has 0 aliphatic rings. The van der Waals surface area contributed by atoms with E-state index in [4.69, 9.17) is 5.73 Å². The van der Waals surface area contributed by atoms with Crippen LogP contribution in [0.2, 0.25) is 0 Å². The summed E-state index contributed by atoms with van der Waals surface area (Å²) in [5.74, 6) is 1.20. The van der Waals surface area contributed by atoms with E-state index in [0.29, 0.717) is 23.4 Å². The summed E-state index contributed by atoms with van der Waals surface area (Å²) in [5, 5.41) is 0. The molecule has 61 valence electrons. The van der Waals surface area contributed by atoms with Gasteiger partial charge in [0.25, 0.3) is 0 Å². The standard InChI is InChI=1S/C7H8N5/c1-2-4-11-5-6(8)9-3-10-7(5)12-4/h3H,1-2H2,(H3,8,9,10,11,12). The van der Waals surface area contributed by atoms with Crippen molar-refractivity contribution in [3.8, 4) is 0 Å². The summed E-state index contributed by atoms with van der Waals surface area (Å²) < 4.78 is 0. The molecule has 0 bridgehead atoms. The lowest BCUT2D eigenvalue weighted by Gasteiger charge is -1.89. The highest BCUT2D eigenvalue weighted by molar-refractivity contribution is 5.80. The molecule has 0 spiro atoms. The third kappa shape index (κ3) is 0.903. The van der Waals surface area contributed by atoms with Crippen molar-refractivity contribution in [3.05, 3.63) is 19.1 Å². The second kappa shape index (κ2) is 2.44. The van der Waals surface area contributed by atoms with Crippen LogP contribution in [0.1, 0.15) is 5.82 Å². The number of hydrogen-bond donors (Lipinski definition) is 2. The van der Waals surface area contributed by atoms with E-state index in [0.717, 1.165) is 5.82 Å². The topological polar surface area (TPSA) is 80.5 Å². The molecule has 2 aromatic rings. The number of nitrogen functional groups attached to an aromatic ring is 1. The Balaban J connectivity index is 2.74. The molecule has 0 aliphatic carbocycles. The summed E-state index contributed by atoms with van der Waals surface area (Å²) in [6.45, 7) is 3.70. The van der Waals surface area contributed by atoms with Crippen molar-refractivity contribution in [2.75, 3.05) is 5.73 Å². The van der Waals surface area contributed by atoms with Gasteiger partial charge in [0.1, 0.15) is 17.7 Å². The average molecular weight is 162 g/mol. The Kier molecular flexibility index (Phi) is 1.43. The zero-order chi connectivity index (χ0) is 8.55. The summed E-state index contributed by atoms with van der Waals surface area (Å²) in [6, 6.07) is 0. The van der Waals surface area contributed by atoms with E-state index in [1.807, 2.05) is 0 Å². The van der Waals surface area contributed by atoms with Crippen LogP contribution < -0.4 is 5.73 Å². The van der Waals surface area contributed by atoms with Crippen molar-refractivity contribution < 1.29 is 0 Å². The highest BCUT2D eigenvalue weighted by atomic mass is 15.0. The molecule has 0 unspecified atom stereocenters. The fraction of sp³-hybridized carbons (Fsp3) is 0.143. The van der Waals surface area contributed by atoms with Crippen LogP contribution in [0.5, 0.6) is 0 Å². The lowest BCUT2D eigenvalue weighted by Crippen LogP contribution is -1.91. The van der Waals surface area contributed by atoms with Gasteiger partial charge < -0.3 is 10.7 Å². The van der Waals surface area contributed by atoms with E-state index in [-0.39, 0.29) is 0 Å². The second-order valence-electron chi connectivity index (χ2n) is 2.39. The number of fused-ring (bicyclic) bond motifs is 1. The minimum absolute atomic E-state index is 0.423. The molecule has 0 amide bonds. The Morgan fingerprint density at radius 2 is 2.33 bits per heavy atom. The van der Waals surface area contributed by atoms with Crippen LogP contribution in [0.25, 0.3) is 11.2 Å². The van der Waals surface area contributed by atoms with Gasteiger partial charge in [0, 0.05) is 6.42 Å². The van der Waals surface area contributed by atoms with E-state index < -0.39 is 0 Å². The van der Waals surface area contributed by atoms with Crippen LogP contribution in [0, 0.1) is 6.92 Å². The van der Waals surface area contributed by atoms with Gasteiger partial charge in [-0.2, -0.15) is 0 Å². The maximum absolute atomic E-state index is 5.58. The molecule has 2 aromatic heterocycles. The SMILES string of the molecule is [CH2]Cc1nc2ncnc(N)c2[nH]1. The molecule has 5 heteroatoms. The van der Waals surface area contributed by atoms with Crippen LogP contribution >= 0.6 is 0 Å². The summed E-state index contributed by atoms with van der Waals surface area (Å²) in [6.07, 6.45) is 1.99. The van der Waals surface area contributed by atoms with Gasteiger partial charge in [0.05, 0.1) is 0 Å². The minimum atomic E-state index is 0.423. The molecule has 2 rings (SSSR count). The molecule has 0 saturated heterocycles. The largest absolute Gasteiger partial charge is 0.382 e. The van der Waals surface area contributed by atoms with Gasteiger partial charge in [-0.1, -0.05) is 0 Å². The third-order valence-corrected chi connectivity index (χ3v) is 1.60. The zero-order valence-electron chi connectivity index (χ0n) is 6.41. The first-order valence-electron chi connectivity index (χ1n) is 3.55. The summed E-state index contributed by atoms with van der Waals surface area (Å²) >= 11 is 0. The summed E-state index contributed by atoms with van der Waals surface area (Å²) in [4.78, 5) is 14.9. The van der Waals surface area contributed by atoms with Gasteiger partial charge in [-0.25, -0.2) is 15.0 Å². The van der Waals surface area contributed by atoms with E-state index in [1.54, 1.807) is 0 Å². The number of aromatic amines is 1. The number of aromatic nitrogens is 4. The fourth-order valence-electron chi connectivity index (χ4n) is 1.01. The Morgan fingerprint density at radius 3 is 3.00 bits per heavy atom. The number of nitrogens with zero attached hydrogens (tertiary/aromatic N) is 3. The fourth-order valence-corrected chi connectivity index (χ4v) is 1.01. The van der Waals surface area contributed by atoms with Gasteiger partial charge in [-0.15, -0.1) is 0 Å². The van der Waals surface area contributed by atoms with Crippen LogP contribution in [0.15, 0.2) is 6.33 Å². The molecule has 0 atom stereocenters. The molecule has 12 heavy (non-hydrogen) atoms. The zero-order valence-corrected chi connectivity index (χ0v) is 6.41. The monoisotopic (exact) mass is 162 g/mol. The highest BCUT2D eigenvalue weighted by Gasteiger charge is 2.04. The van der Waals surface area contributed by atoms with E-state index in [1.165, 1.54) is 6.33 Å². The molecule has 3 N–H and O–H groups in total. The van der Waals surface area contributed by atoms with Crippen LogP contribution in [-0.4, -0.2) is 19.9 Å². The highest BCUT2D eigenvalue weighted by Crippen LogP contribution is 2.12. The van der Waals surface area contributed by atoms with Crippen LogP contribution in [-0.2, 0) is 6.42 Å². The number of nitrogens with two attached hydrogens (primary N) is 1. The molecule has 0 aromatic carbocycles. The summed E-state index contributed by atoms with van der Waals surface area (Å²) in [5.41, 5.74) is 6.87. The van der Waals surface area contributed by atoms with Crippen LogP contribution in [0.3, 0.4) is 0 Å². The maximum atomic E-state index is 5.58. The number of anilines is 1. The Bertz CT molecular complexity index is 405. The first kappa shape index (κ1) is 7.02. The number of H-pyrrole nitrogens is 1. The minimum Gasteiger partial charge on any atom is -0.382 e. The molecular weight excluding hydrogens is 154 g/mol. The van der Waals surface area contributed by atoms with Crippen molar-refractivity contribution in [2.45, 2.75) is 6.42 Å². The molecule has 1 radical (unpaired) electrons. The Morgan fingerprint density at radius 1 is 1.50 bits per heavy atom. The maximum Gasteiger partial charge on any atom is 0.183 e. The second-order valence-corrected chi connectivity index (χ2v) is 2.39. The van der Waals surface area contributed by atoms with Crippen LogP contribution in [0.4, 0.5) is 5.82 Å².